The zero-order chi connectivity index (χ0) is 11.1. The third-order valence-electron chi connectivity index (χ3n) is 1.87. The largest absolute Gasteiger partial charge is 0.489 e. The summed E-state index contributed by atoms with van der Waals surface area (Å²) in [6.45, 7) is 1.11. The molecule has 82 valence electrons. The van der Waals surface area contributed by atoms with E-state index in [4.69, 9.17) is 22.1 Å². The van der Waals surface area contributed by atoms with Crippen molar-refractivity contribution in [2.75, 3.05) is 13.2 Å². The Morgan fingerprint density at radius 3 is 2.93 bits per heavy atom. The molecule has 0 aromatic heterocycles. The molecule has 2 nitrogen and oxygen atoms in total. The monoisotopic (exact) mass is 289 g/mol. The fourth-order valence-corrected chi connectivity index (χ4v) is 1.69. The van der Waals surface area contributed by atoms with Gasteiger partial charge in [-0.1, -0.05) is 27.5 Å². The number of rotatable bonds is 5. The second kappa shape index (κ2) is 6.88. The zero-order valence-corrected chi connectivity index (χ0v) is 10.6. The lowest BCUT2D eigenvalue weighted by molar-refractivity contribution is 0.362. The first-order valence-electron chi connectivity index (χ1n) is 4.64. The maximum atomic E-state index is 5.51. The van der Waals surface area contributed by atoms with Crippen molar-refractivity contribution < 1.29 is 4.74 Å². The summed E-state index contributed by atoms with van der Waals surface area (Å²) in [5.41, 5.74) is 8.11. The molecule has 0 spiro atoms. The molecule has 0 heterocycles. The molecule has 15 heavy (non-hydrogen) atoms. The van der Waals surface area contributed by atoms with Gasteiger partial charge < -0.3 is 10.5 Å². The van der Waals surface area contributed by atoms with Crippen LogP contribution in [0.15, 0.2) is 34.3 Å². The van der Waals surface area contributed by atoms with Crippen molar-refractivity contribution in [3.8, 4) is 5.75 Å². The molecule has 0 aliphatic heterocycles. The Morgan fingerprint density at radius 2 is 2.27 bits per heavy atom. The van der Waals surface area contributed by atoms with Crippen LogP contribution in [0.25, 0.3) is 0 Å². The van der Waals surface area contributed by atoms with Gasteiger partial charge in [0.15, 0.2) is 0 Å². The highest BCUT2D eigenvalue weighted by Gasteiger charge is 2.01. The first-order valence-corrected chi connectivity index (χ1v) is 5.87. The van der Waals surface area contributed by atoms with Crippen molar-refractivity contribution >= 4 is 27.5 Å². The first kappa shape index (κ1) is 12.6. The number of hydrogen-bond donors (Lipinski definition) is 1. The predicted molar refractivity (Wildman–Crippen MR) is 67.4 cm³/mol. The van der Waals surface area contributed by atoms with Crippen molar-refractivity contribution in [1.29, 1.82) is 0 Å². The van der Waals surface area contributed by atoms with E-state index >= 15 is 0 Å². The number of hydrogen-bond acceptors (Lipinski definition) is 2. The molecule has 1 rings (SSSR count). The minimum Gasteiger partial charge on any atom is -0.489 e. The van der Waals surface area contributed by atoms with Gasteiger partial charge in [0.25, 0.3) is 0 Å². The molecule has 0 unspecified atom stereocenters. The fraction of sp³-hybridized carbons (Fsp3) is 0.273. The third-order valence-corrected chi connectivity index (χ3v) is 2.82. The molecular formula is C11H13BrClNO. The molecule has 0 aliphatic carbocycles. The molecular weight excluding hydrogens is 277 g/mol. The summed E-state index contributed by atoms with van der Waals surface area (Å²) in [4.78, 5) is 0. The Morgan fingerprint density at radius 1 is 1.47 bits per heavy atom. The quantitative estimate of drug-likeness (QED) is 0.904. The fourth-order valence-electron chi connectivity index (χ4n) is 1.17. The Labute approximate surface area is 103 Å². The van der Waals surface area contributed by atoms with E-state index in [1.165, 1.54) is 5.54 Å². The van der Waals surface area contributed by atoms with Gasteiger partial charge in [-0.25, -0.2) is 0 Å². The molecule has 0 amide bonds. The molecule has 0 fully saturated rings. The van der Waals surface area contributed by atoms with Crippen LogP contribution in [-0.2, 0) is 6.42 Å². The summed E-state index contributed by atoms with van der Waals surface area (Å²) >= 11 is 8.86. The Balaban J connectivity index is 2.69. The summed E-state index contributed by atoms with van der Waals surface area (Å²) in [7, 11) is 0. The molecule has 0 aliphatic rings. The van der Waals surface area contributed by atoms with Crippen molar-refractivity contribution in [3.05, 3.63) is 39.8 Å². The summed E-state index contributed by atoms with van der Waals surface area (Å²) < 4.78 is 6.52. The van der Waals surface area contributed by atoms with Crippen molar-refractivity contribution in [3.63, 3.8) is 0 Å². The lowest BCUT2D eigenvalue weighted by Crippen LogP contribution is -2.03. The highest BCUT2D eigenvalue weighted by Crippen LogP contribution is 2.22. The van der Waals surface area contributed by atoms with E-state index in [1.807, 2.05) is 18.2 Å². The van der Waals surface area contributed by atoms with E-state index in [2.05, 4.69) is 15.9 Å². The normalized spacial score (nSPS) is 10.9. The van der Waals surface area contributed by atoms with Gasteiger partial charge in [-0.2, -0.15) is 0 Å². The van der Waals surface area contributed by atoms with Crippen molar-refractivity contribution in [2.45, 2.75) is 6.42 Å². The van der Waals surface area contributed by atoms with Gasteiger partial charge in [-0.3, -0.25) is 0 Å². The average Bonchev–Trinajstić information content (AvgIpc) is 2.23. The van der Waals surface area contributed by atoms with Crippen LogP contribution in [-0.4, -0.2) is 13.2 Å². The Hall–Kier alpha value is -0.510. The van der Waals surface area contributed by atoms with Crippen molar-refractivity contribution in [1.82, 2.24) is 0 Å². The van der Waals surface area contributed by atoms with Crippen LogP contribution in [0.3, 0.4) is 0 Å². The van der Waals surface area contributed by atoms with Gasteiger partial charge in [0.1, 0.15) is 12.4 Å². The lowest BCUT2D eigenvalue weighted by atomic mass is 10.1. The number of benzene rings is 1. The van der Waals surface area contributed by atoms with Gasteiger partial charge in [-0.05, 0) is 42.8 Å². The minimum absolute atomic E-state index is 0.479. The van der Waals surface area contributed by atoms with Gasteiger partial charge >= 0.3 is 0 Å². The summed E-state index contributed by atoms with van der Waals surface area (Å²) in [6, 6.07) is 5.86. The summed E-state index contributed by atoms with van der Waals surface area (Å²) in [5, 5.41) is 0. The molecule has 1 aromatic carbocycles. The number of nitrogens with two attached hydrogens (primary N) is 1. The second-order valence-electron chi connectivity index (χ2n) is 2.96. The standard InChI is InChI=1S/C11H13BrClNO/c12-11-3-2-10(15-7-1-5-13)8-9(11)4-6-14/h1-3,5,8H,4,6-7,14H2/b5-1+. The van der Waals surface area contributed by atoms with Crippen LogP contribution in [0, 0.1) is 0 Å². The van der Waals surface area contributed by atoms with E-state index in [0.29, 0.717) is 13.2 Å². The minimum atomic E-state index is 0.479. The van der Waals surface area contributed by atoms with Crippen LogP contribution >= 0.6 is 27.5 Å². The molecule has 0 bridgehead atoms. The summed E-state index contributed by atoms with van der Waals surface area (Å²) in [6.07, 6.45) is 2.58. The van der Waals surface area contributed by atoms with E-state index in [-0.39, 0.29) is 0 Å². The number of ether oxygens (including phenoxy) is 1. The SMILES string of the molecule is NCCc1cc(OC/C=C/Cl)ccc1Br. The predicted octanol–water partition coefficient (Wildman–Crippen LogP) is 3.08. The molecule has 0 saturated carbocycles. The van der Waals surface area contributed by atoms with Gasteiger partial charge in [0.05, 0.1) is 0 Å². The molecule has 0 saturated heterocycles. The molecule has 4 heteroatoms. The van der Waals surface area contributed by atoms with Gasteiger partial charge in [0.2, 0.25) is 0 Å². The summed E-state index contributed by atoms with van der Waals surface area (Å²) in [5.74, 6) is 0.830. The van der Waals surface area contributed by atoms with Gasteiger partial charge in [-0.15, -0.1) is 0 Å². The maximum absolute atomic E-state index is 5.51. The van der Waals surface area contributed by atoms with Crippen LogP contribution in [0.5, 0.6) is 5.75 Å². The lowest BCUT2D eigenvalue weighted by Gasteiger charge is -2.07. The van der Waals surface area contributed by atoms with Crippen LogP contribution in [0.2, 0.25) is 0 Å². The molecule has 2 N–H and O–H groups in total. The number of halogens is 2. The van der Waals surface area contributed by atoms with Crippen LogP contribution < -0.4 is 10.5 Å². The van der Waals surface area contributed by atoms with E-state index in [1.54, 1.807) is 6.08 Å². The Kier molecular flexibility index (Phi) is 5.76. The second-order valence-corrected chi connectivity index (χ2v) is 4.07. The maximum Gasteiger partial charge on any atom is 0.120 e. The van der Waals surface area contributed by atoms with E-state index < -0.39 is 0 Å². The smallest absolute Gasteiger partial charge is 0.120 e. The molecule has 1 aromatic rings. The molecule has 0 atom stereocenters. The third kappa shape index (κ3) is 4.24. The first-order chi connectivity index (χ1) is 7.27. The van der Waals surface area contributed by atoms with Crippen molar-refractivity contribution in [2.24, 2.45) is 5.73 Å². The Bertz CT molecular complexity index is 341. The van der Waals surface area contributed by atoms with E-state index in [9.17, 15) is 0 Å². The average molecular weight is 291 g/mol. The van der Waals surface area contributed by atoms with Crippen LogP contribution in [0.1, 0.15) is 5.56 Å². The van der Waals surface area contributed by atoms with Gasteiger partial charge in [0, 0.05) is 10.0 Å². The van der Waals surface area contributed by atoms with E-state index in [0.717, 1.165) is 22.2 Å². The topological polar surface area (TPSA) is 35.2 Å². The highest BCUT2D eigenvalue weighted by atomic mass is 79.9. The van der Waals surface area contributed by atoms with Crippen LogP contribution in [0.4, 0.5) is 0 Å². The highest BCUT2D eigenvalue weighted by molar-refractivity contribution is 9.10. The molecule has 0 radical (unpaired) electrons. The zero-order valence-electron chi connectivity index (χ0n) is 8.25.